The molecule has 128 valence electrons. The molecule has 0 saturated carbocycles. The van der Waals surface area contributed by atoms with E-state index in [1.165, 1.54) is 0 Å². The molecule has 0 bridgehead atoms. The summed E-state index contributed by atoms with van der Waals surface area (Å²) in [4.78, 5) is 14.9. The number of aliphatic hydroxyl groups is 1. The fourth-order valence-corrected chi connectivity index (χ4v) is 3.19. The average molecular weight is 337 g/mol. The summed E-state index contributed by atoms with van der Waals surface area (Å²) < 4.78 is 7.45. The van der Waals surface area contributed by atoms with Gasteiger partial charge < -0.3 is 14.7 Å². The molecule has 2 aromatic rings. The molecule has 1 aromatic carbocycles. The number of rotatable bonds is 2. The zero-order valence-corrected chi connectivity index (χ0v) is 13.8. The van der Waals surface area contributed by atoms with Crippen LogP contribution in [-0.2, 0) is 24.5 Å². The Bertz CT molecular complexity index is 867. The second-order valence-electron chi connectivity index (χ2n) is 6.15. The van der Waals surface area contributed by atoms with E-state index in [0.717, 1.165) is 30.0 Å². The number of para-hydroxylation sites is 1. The molecule has 0 aliphatic carbocycles. The largest absolute Gasteiger partial charge is 0.464 e. The minimum Gasteiger partial charge on any atom is -0.464 e. The summed E-state index contributed by atoms with van der Waals surface area (Å²) in [5.74, 6) is 0.708. The first-order chi connectivity index (χ1) is 12.2. The van der Waals surface area contributed by atoms with E-state index in [9.17, 15) is 9.90 Å². The lowest BCUT2D eigenvalue weighted by Crippen LogP contribution is -2.31. The standard InChI is InChI=1S/C19H19N3O3/c23-13-16-11-17-12-21(7-3-8-22(17)20-16)19(24)15-6-9-25-18-5-2-1-4-14(18)10-15/h1-2,4-6,9-11,23H,3,7-8,12-13H2. The SMILES string of the molecule is O=C(C1=Cc2ccccc2OC=C1)N1CCCn2nc(CO)cc2C1. The van der Waals surface area contributed by atoms with Crippen molar-refractivity contribution in [3.8, 4) is 5.75 Å². The van der Waals surface area contributed by atoms with Crippen LogP contribution in [0.5, 0.6) is 5.75 Å². The van der Waals surface area contributed by atoms with Gasteiger partial charge >= 0.3 is 0 Å². The Morgan fingerprint density at radius 3 is 3.04 bits per heavy atom. The quantitative estimate of drug-likeness (QED) is 0.911. The molecule has 0 atom stereocenters. The first-order valence-electron chi connectivity index (χ1n) is 8.34. The number of carbonyl (C=O) groups excluding carboxylic acids is 1. The lowest BCUT2D eigenvalue weighted by molar-refractivity contribution is -0.127. The third kappa shape index (κ3) is 3.08. The van der Waals surface area contributed by atoms with Crippen LogP contribution in [0, 0.1) is 0 Å². The van der Waals surface area contributed by atoms with E-state index in [-0.39, 0.29) is 12.5 Å². The van der Waals surface area contributed by atoms with Crippen molar-refractivity contribution in [1.29, 1.82) is 0 Å². The Morgan fingerprint density at radius 1 is 1.28 bits per heavy atom. The van der Waals surface area contributed by atoms with Gasteiger partial charge in [-0.15, -0.1) is 0 Å². The Morgan fingerprint density at radius 2 is 2.16 bits per heavy atom. The van der Waals surface area contributed by atoms with E-state index in [1.807, 2.05) is 46.0 Å². The number of hydrogen-bond donors (Lipinski definition) is 1. The molecule has 2 aliphatic heterocycles. The number of benzene rings is 1. The molecule has 4 rings (SSSR count). The Hall–Kier alpha value is -2.86. The van der Waals surface area contributed by atoms with Crippen LogP contribution >= 0.6 is 0 Å². The van der Waals surface area contributed by atoms with Gasteiger partial charge in [-0.3, -0.25) is 9.48 Å². The van der Waals surface area contributed by atoms with Gasteiger partial charge in [0.2, 0.25) is 0 Å². The van der Waals surface area contributed by atoms with Gasteiger partial charge in [0.05, 0.1) is 30.8 Å². The predicted octanol–water partition coefficient (Wildman–Crippen LogP) is 2.10. The van der Waals surface area contributed by atoms with Gasteiger partial charge in [-0.05, 0) is 30.7 Å². The number of ether oxygens (including phenoxy) is 1. The minimum atomic E-state index is -0.0873. The van der Waals surface area contributed by atoms with Crippen LogP contribution in [0.2, 0.25) is 0 Å². The van der Waals surface area contributed by atoms with Crippen molar-refractivity contribution in [3.63, 3.8) is 0 Å². The van der Waals surface area contributed by atoms with Gasteiger partial charge in [0, 0.05) is 24.2 Å². The van der Waals surface area contributed by atoms with Gasteiger partial charge in [0.25, 0.3) is 5.91 Å². The van der Waals surface area contributed by atoms with E-state index in [2.05, 4.69) is 5.10 Å². The smallest absolute Gasteiger partial charge is 0.254 e. The second-order valence-corrected chi connectivity index (χ2v) is 6.15. The monoisotopic (exact) mass is 337 g/mol. The number of aromatic nitrogens is 2. The third-order valence-corrected chi connectivity index (χ3v) is 4.43. The van der Waals surface area contributed by atoms with Crippen molar-refractivity contribution in [2.45, 2.75) is 26.1 Å². The molecule has 0 unspecified atom stereocenters. The Balaban J connectivity index is 1.61. The maximum atomic E-state index is 13.0. The average Bonchev–Trinajstić information content (AvgIpc) is 2.80. The van der Waals surface area contributed by atoms with Crippen LogP contribution in [0.3, 0.4) is 0 Å². The summed E-state index contributed by atoms with van der Waals surface area (Å²) in [5, 5.41) is 13.6. The van der Waals surface area contributed by atoms with Crippen LogP contribution < -0.4 is 4.74 Å². The molecule has 2 aliphatic rings. The molecule has 25 heavy (non-hydrogen) atoms. The molecule has 3 heterocycles. The number of aliphatic hydroxyl groups excluding tert-OH is 1. The van der Waals surface area contributed by atoms with E-state index in [1.54, 1.807) is 12.3 Å². The van der Waals surface area contributed by atoms with Crippen molar-refractivity contribution in [3.05, 3.63) is 65.2 Å². The third-order valence-electron chi connectivity index (χ3n) is 4.43. The first-order valence-corrected chi connectivity index (χ1v) is 8.34. The lowest BCUT2D eigenvalue weighted by Gasteiger charge is -2.20. The van der Waals surface area contributed by atoms with Crippen LogP contribution in [0.15, 0.2) is 48.2 Å². The highest BCUT2D eigenvalue weighted by molar-refractivity contribution is 6.01. The van der Waals surface area contributed by atoms with Crippen molar-refractivity contribution in [1.82, 2.24) is 14.7 Å². The highest BCUT2D eigenvalue weighted by atomic mass is 16.5. The van der Waals surface area contributed by atoms with Gasteiger partial charge in [-0.1, -0.05) is 18.2 Å². The zero-order valence-electron chi connectivity index (χ0n) is 13.8. The summed E-state index contributed by atoms with van der Waals surface area (Å²) in [6, 6.07) is 9.50. The van der Waals surface area contributed by atoms with Crippen molar-refractivity contribution < 1.29 is 14.6 Å². The Labute approximate surface area is 145 Å². The normalized spacial score (nSPS) is 16.2. The summed E-state index contributed by atoms with van der Waals surface area (Å²) in [6.07, 6.45) is 5.96. The molecule has 0 fully saturated rings. The van der Waals surface area contributed by atoms with Gasteiger partial charge in [0.1, 0.15) is 5.75 Å². The number of nitrogens with zero attached hydrogens (tertiary/aromatic N) is 3. The summed E-state index contributed by atoms with van der Waals surface area (Å²) in [6.45, 7) is 1.82. The summed E-state index contributed by atoms with van der Waals surface area (Å²) in [7, 11) is 0. The second kappa shape index (κ2) is 6.57. The Kier molecular flexibility index (Phi) is 4.11. The van der Waals surface area contributed by atoms with Gasteiger partial charge in [-0.2, -0.15) is 5.10 Å². The molecule has 1 amide bonds. The zero-order chi connectivity index (χ0) is 17.2. The number of fused-ring (bicyclic) bond motifs is 2. The maximum absolute atomic E-state index is 13.0. The van der Waals surface area contributed by atoms with Crippen LogP contribution in [-0.4, -0.2) is 32.2 Å². The van der Waals surface area contributed by atoms with E-state index in [0.29, 0.717) is 24.4 Å². The number of aryl methyl sites for hydroxylation is 1. The fourth-order valence-electron chi connectivity index (χ4n) is 3.19. The molecule has 6 heteroatoms. The summed E-state index contributed by atoms with van der Waals surface area (Å²) >= 11 is 0. The number of carbonyl (C=O) groups is 1. The van der Waals surface area contributed by atoms with Gasteiger partial charge in [0.15, 0.2) is 0 Å². The molecule has 0 radical (unpaired) electrons. The highest BCUT2D eigenvalue weighted by Crippen LogP contribution is 2.26. The van der Waals surface area contributed by atoms with Crippen LogP contribution in [0.25, 0.3) is 6.08 Å². The number of amides is 1. The van der Waals surface area contributed by atoms with Gasteiger partial charge in [-0.25, -0.2) is 0 Å². The highest BCUT2D eigenvalue weighted by Gasteiger charge is 2.23. The predicted molar refractivity (Wildman–Crippen MR) is 92.4 cm³/mol. The van der Waals surface area contributed by atoms with E-state index < -0.39 is 0 Å². The van der Waals surface area contributed by atoms with E-state index in [4.69, 9.17) is 4.74 Å². The molecule has 1 aromatic heterocycles. The molecule has 1 N–H and O–H groups in total. The van der Waals surface area contributed by atoms with Crippen molar-refractivity contribution in [2.75, 3.05) is 6.54 Å². The van der Waals surface area contributed by atoms with Crippen molar-refractivity contribution in [2.24, 2.45) is 0 Å². The molecular weight excluding hydrogens is 318 g/mol. The fraction of sp³-hybridized carbons (Fsp3) is 0.263. The first kappa shape index (κ1) is 15.7. The van der Waals surface area contributed by atoms with E-state index >= 15 is 0 Å². The lowest BCUT2D eigenvalue weighted by atomic mass is 10.1. The van der Waals surface area contributed by atoms with Crippen LogP contribution in [0.1, 0.15) is 23.4 Å². The molecular formula is C19H19N3O3. The molecule has 0 saturated heterocycles. The van der Waals surface area contributed by atoms with Crippen molar-refractivity contribution >= 4 is 12.0 Å². The number of hydrogen-bond acceptors (Lipinski definition) is 4. The molecule has 6 nitrogen and oxygen atoms in total. The topological polar surface area (TPSA) is 67.6 Å². The maximum Gasteiger partial charge on any atom is 0.254 e. The molecule has 0 spiro atoms. The summed E-state index contributed by atoms with van der Waals surface area (Å²) in [5.41, 5.74) is 3.07. The minimum absolute atomic E-state index is 0.0308. The van der Waals surface area contributed by atoms with Crippen LogP contribution in [0.4, 0.5) is 0 Å².